The Morgan fingerprint density at radius 1 is 0.968 bits per heavy atom. The number of amides is 2. The summed E-state index contributed by atoms with van der Waals surface area (Å²) in [5.74, 6) is -0.344. The molecule has 2 heterocycles. The predicted molar refractivity (Wildman–Crippen MR) is 128 cm³/mol. The van der Waals surface area contributed by atoms with Gasteiger partial charge in [0.1, 0.15) is 0 Å². The lowest BCUT2D eigenvalue weighted by Gasteiger charge is -2.13. The number of hydrogen-bond donors (Lipinski definition) is 0. The molecule has 1 saturated heterocycles. The highest BCUT2D eigenvalue weighted by Crippen LogP contribution is 2.36. The molecule has 3 aromatic rings. The third-order valence-corrected chi connectivity index (χ3v) is 6.88. The van der Waals surface area contributed by atoms with Crippen molar-refractivity contribution in [1.82, 2.24) is 9.47 Å². The van der Waals surface area contributed by atoms with Crippen LogP contribution in [0.25, 0.3) is 11.8 Å². The zero-order valence-electron chi connectivity index (χ0n) is 16.7. The molecule has 0 radical (unpaired) electrons. The van der Waals surface area contributed by atoms with E-state index in [9.17, 15) is 9.59 Å². The van der Waals surface area contributed by atoms with Crippen molar-refractivity contribution in [2.24, 2.45) is 0 Å². The normalized spacial score (nSPS) is 15.4. The first-order valence-corrected chi connectivity index (χ1v) is 11.3. The molecule has 31 heavy (non-hydrogen) atoms. The van der Waals surface area contributed by atoms with Gasteiger partial charge in [0.05, 0.1) is 22.2 Å². The van der Waals surface area contributed by atoms with Crippen molar-refractivity contribution in [2.75, 3.05) is 0 Å². The van der Waals surface area contributed by atoms with Gasteiger partial charge in [0.2, 0.25) is 0 Å². The minimum Gasteiger partial charge on any atom is -0.316 e. The van der Waals surface area contributed by atoms with Gasteiger partial charge in [-0.3, -0.25) is 14.5 Å². The molecule has 1 fully saturated rings. The topological polar surface area (TPSA) is 42.3 Å². The van der Waals surface area contributed by atoms with E-state index in [0.29, 0.717) is 25.5 Å². The van der Waals surface area contributed by atoms with Crippen LogP contribution >= 0.6 is 46.6 Å². The number of imide groups is 1. The van der Waals surface area contributed by atoms with Crippen LogP contribution in [-0.4, -0.2) is 20.6 Å². The minimum absolute atomic E-state index is 0.0939. The second-order valence-corrected chi connectivity index (χ2v) is 9.36. The van der Waals surface area contributed by atoms with Crippen molar-refractivity contribution in [1.29, 1.82) is 0 Å². The van der Waals surface area contributed by atoms with Gasteiger partial charge in [-0.15, -0.1) is 0 Å². The third-order valence-electron chi connectivity index (χ3n) is 5.07. The molecular weight excluding hydrogens is 475 g/mol. The van der Waals surface area contributed by atoms with Crippen molar-refractivity contribution in [3.8, 4) is 5.69 Å². The number of halogens is 3. The van der Waals surface area contributed by atoms with E-state index in [1.807, 2.05) is 48.7 Å². The largest absolute Gasteiger partial charge is 0.316 e. The van der Waals surface area contributed by atoms with Crippen LogP contribution in [0.1, 0.15) is 22.5 Å². The summed E-state index contributed by atoms with van der Waals surface area (Å²) in [6, 6.07) is 14.5. The summed E-state index contributed by atoms with van der Waals surface area (Å²) in [7, 11) is 0. The molecule has 0 unspecified atom stereocenters. The summed E-state index contributed by atoms with van der Waals surface area (Å²) in [6.07, 6.45) is 1.75. The molecule has 0 saturated carbocycles. The Bertz CT molecular complexity index is 1250. The number of nitrogens with zero attached hydrogens (tertiary/aromatic N) is 2. The number of para-hydroxylation sites is 1. The van der Waals surface area contributed by atoms with Crippen LogP contribution in [0, 0.1) is 13.8 Å². The van der Waals surface area contributed by atoms with E-state index in [4.69, 9.17) is 34.8 Å². The van der Waals surface area contributed by atoms with Crippen LogP contribution in [0.3, 0.4) is 0 Å². The highest BCUT2D eigenvalue weighted by Gasteiger charge is 2.35. The Kier molecular flexibility index (Phi) is 6.22. The molecular formula is C23H17Cl3N2O2S. The van der Waals surface area contributed by atoms with Crippen LogP contribution in [0.15, 0.2) is 53.4 Å². The molecule has 1 aliphatic heterocycles. The molecule has 8 heteroatoms. The molecule has 1 aromatic heterocycles. The first-order valence-electron chi connectivity index (χ1n) is 9.39. The van der Waals surface area contributed by atoms with E-state index >= 15 is 0 Å². The first kappa shape index (κ1) is 22.0. The van der Waals surface area contributed by atoms with E-state index in [-0.39, 0.29) is 17.7 Å². The molecule has 4 rings (SSSR count). The van der Waals surface area contributed by atoms with Gasteiger partial charge in [-0.05, 0) is 73.1 Å². The minimum atomic E-state index is -0.344. The van der Waals surface area contributed by atoms with Crippen molar-refractivity contribution in [3.63, 3.8) is 0 Å². The molecule has 158 valence electrons. The quantitative estimate of drug-likeness (QED) is 0.360. The van der Waals surface area contributed by atoms with Crippen LogP contribution in [0.2, 0.25) is 15.1 Å². The monoisotopic (exact) mass is 490 g/mol. The fourth-order valence-electron chi connectivity index (χ4n) is 3.54. The summed E-state index contributed by atoms with van der Waals surface area (Å²) in [5, 5.41) is 1.22. The van der Waals surface area contributed by atoms with Gasteiger partial charge in [-0.2, -0.15) is 0 Å². The van der Waals surface area contributed by atoms with Crippen LogP contribution in [0.5, 0.6) is 0 Å². The molecule has 0 atom stereocenters. The van der Waals surface area contributed by atoms with Gasteiger partial charge < -0.3 is 4.57 Å². The van der Waals surface area contributed by atoms with Crippen LogP contribution in [0.4, 0.5) is 4.79 Å². The highest BCUT2D eigenvalue weighted by atomic mass is 35.5. The maximum Gasteiger partial charge on any atom is 0.293 e. The lowest BCUT2D eigenvalue weighted by atomic mass is 10.2. The Hall–Kier alpha value is -2.18. The fraction of sp³-hybridized carbons (Fsp3) is 0.130. The molecule has 0 spiro atoms. The van der Waals surface area contributed by atoms with E-state index in [1.54, 1.807) is 24.3 Å². The van der Waals surface area contributed by atoms with Crippen molar-refractivity contribution < 1.29 is 9.59 Å². The predicted octanol–water partition coefficient (Wildman–Crippen LogP) is 7.29. The number of aromatic nitrogens is 1. The lowest BCUT2D eigenvalue weighted by Crippen LogP contribution is -2.27. The molecule has 0 bridgehead atoms. The summed E-state index contributed by atoms with van der Waals surface area (Å²) in [6.45, 7) is 4.03. The van der Waals surface area contributed by atoms with Crippen LogP contribution in [-0.2, 0) is 11.3 Å². The van der Waals surface area contributed by atoms with Crippen LogP contribution < -0.4 is 0 Å². The number of rotatable bonds is 4. The van der Waals surface area contributed by atoms with Crippen molar-refractivity contribution in [3.05, 3.63) is 91.0 Å². The van der Waals surface area contributed by atoms with Gasteiger partial charge in [0, 0.05) is 21.4 Å². The second-order valence-electron chi connectivity index (χ2n) is 7.12. The van der Waals surface area contributed by atoms with Gasteiger partial charge >= 0.3 is 0 Å². The maximum atomic E-state index is 12.9. The van der Waals surface area contributed by atoms with E-state index in [1.165, 1.54) is 4.90 Å². The molecule has 2 amide bonds. The van der Waals surface area contributed by atoms with Crippen molar-refractivity contribution in [2.45, 2.75) is 20.4 Å². The Morgan fingerprint density at radius 2 is 1.71 bits per heavy atom. The second kappa shape index (κ2) is 8.75. The zero-order valence-corrected chi connectivity index (χ0v) is 19.7. The molecule has 1 aliphatic rings. The molecule has 0 aliphatic carbocycles. The number of aryl methyl sites for hydroxylation is 1. The number of carbonyl (C=O) groups is 2. The molecule has 4 nitrogen and oxygen atoms in total. The Labute approximate surface area is 199 Å². The maximum absolute atomic E-state index is 12.9. The third kappa shape index (κ3) is 4.28. The Morgan fingerprint density at radius 3 is 2.42 bits per heavy atom. The summed E-state index contributed by atoms with van der Waals surface area (Å²) in [4.78, 5) is 27.0. The van der Waals surface area contributed by atoms with E-state index < -0.39 is 0 Å². The van der Waals surface area contributed by atoms with E-state index in [2.05, 4.69) is 0 Å². The lowest BCUT2D eigenvalue weighted by molar-refractivity contribution is -0.123. The van der Waals surface area contributed by atoms with Gasteiger partial charge in [-0.25, -0.2) is 0 Å². The first-order chi connectivity index (χ1) is 14.8. The molecule has 0 N–H and O–H groups in total. The van der Waals surface area contributed by atoms with Gasteiger partial charge in [0.15, 0.2) is 0 Å². The zero-order chi connectivity index (χ0) is 22.3. The number of hydrogen-bond acceptors (Lipinski definition) is 3. The number of carbonyl (C=O) groups excluding carboxylic acids is 2. The van der Waals surface area contributed by atoms with Gasteiger partial charge in [0.25, 0.3) is 11.1 Å². The summed E-state index contributed by atoms with van der Waals surface area (Å²) in [5.41, 5.74) is 4.28. The standard InChI is InChI=1S/C23H17Cl3N2O2S/c1-13-9-16(14(2)28(13)20-6-4-3-5-18(20)25)10-21-22(29)27(23(30)31-21)12-15-7-8-17(24)11-19(15)26/h3-11H,12H2,1-2H3/b21-10-. The summed E-state index contributed by atoms with van der Waals surface area (Å²) < 4.78 is 2.03. The number of benzene rings is 2. The average Bonchev–Trinajstić information content (AvgIpc) is 3.14. The number of thioether (sulfide) groups is 1. The fourth-order valence-corrected chi connectivity index (χ4v) is 5.05. The Balaban J connectivity index is 1.64. The van der Waals surface area contributed by atoms with Gasteiger partial charge in [-0.1, -0.05) is 53.0 Å². The SMILES string of the molecule is Cc1cc(/C=C2\SC(=O)N(Cc3ccc(Cl)cc3Cl)C2=O)c(C)n1-c1ccccc1Cl. The highest BCUT2D eigenvalue weighted by molar-refractivity contribution is 8.18. The van der Waals surface area contributed by atoms with Crippen molar-refractivity contribution >= 4 is 63.8 Å². The molecule has 2 aromatic carbocycles. The average molecular weight is 492 g/mol. The summed E-state index contributed by atoms with van der Waals surface area (Å²) >= 11 is 19.4. The van der Waals surface area contributed by atoms with E-state index in [0.717, 1.165) is 34.4 Å². The smallest absolute Gasteiger partial charge is 0.293 e.